The third-order valence-electron chi connectivity index (χ3n) is 29.3. The number of alkyl halides is 2. The second-order valence-electron chi connectivity index (χ2n) is 39.6. The minimum absolute atomic E-state index is 0.0271. The Labute approximate surface area is 862 Å². The molecule has 42 nitrogen and oxygen atoms in total. The number of nitrogens with two attached hydrogens (primary N) is 2. The number of fused-ring (bicyclic) bond motifs is 9. The summed E-state index contributed by atoms with van der Waals surface area (Å²) in [5.74, 6) is -1.40. The maximum atomic E-state index is 18.2. The lowest BCUT2D eigenvalue weighted by atomic mass is 9.44. The zero-order chi connectivity index (χ0) is 106. The molecule has 2 unspecified atom stereocenters. The Morgan fingerprint density at radius 2 is 1.33 bits per heavy atom. The van der Waals surface area contributed by atoms with Crippen molar-refractivity contribution in [3.05, 3.63) is 125 Å². The number of nitrogens with zero attached hydrogens (tertiary/aromatic N) is 2. The van der Waals surface area contributed by atoms with Crippen molar-refractivity contribution in [3.63, 3.8) is 0 Å². The number of carbonyl (C=O) groups excluding carboxylic acids is 10. The number of carbonyl (C=O) groups is 10. The molecule has 5 aliphatic carbocycles. The lowest BCUT2D eigenvalue weighted by molar-refractivity contribution is -0.266. The van der Waals surface area contributed by atoms with Gasteiger partial charge in [-0.05, 0) is 156 Å². The van der Waals surface area contributed by atoms with Gasteiger partial charge >= 0.3 is 6.03 Å². The number of halogens is 2. The Morgan fingerprint density at radius 3 is 2.01 bits per heavy atom. The standard InChI is InChI=1S/C104H153F2N15O27/c1-7-18-89-147-84-58-72-73-57-75(105)74-56-68(123)33-35-101(74,4)103(73,106)82(125)59-102(72,5)104(84,148-89)83(126)62-144-69-29-27-67(28-30-69)114-97(134)65(20-17-37-113-100(107)136)55-79(124)90(64(2)3)116-98(135)76(23-15-16-36-110-87(129)63-145-80-26-10-8-9-25-78-93(80)118-119-121(78)99-96(133)95(132)94(131)81(61-122)146-99)115-86(128)34-41-137-45-49-141-53-54-143-51-47-139-43-39-111-85(127)31-32-88(130)120-60-66-19-11-12-21-70(66)91(92(117-108)71-22-13-14-24-77(71)120)112-40-44-140-48-52-142-50-46-138-42-38-109-6/h11-14,19,21-22,24,27-30,33,35,56,64-65,72-73,75-76,80-82,84,89-90,94-96,99,109,112,117-119,122,125,131-133H,7-10,15-18,20,23,25-26,31-32,34,36-55,57-63,108H2,1-6H3,(H,110,129)(H,111,127)(H,114,134)(H,115,128)(H,116,135)(H3,107,113,136)/b92-91-/t65-,72+,73+,75+,76-,80?,81-,82+,84-,89?,90+,94+,95+,96-,99-,101+,102+,103+,104-/m1/s1. The molecule has 3 aromatic carbocycles. The quantitative estimate of drug-likeness (QED) is 0.0219. The van der Waals surface area contributed by atoms with Crippen LogP contribution in [0.5, 0.6) is 5.75 Å². The lowest BCUT2D eigenvalue weighted by Gasteiger charge is -2.63. The third-order valence-corrected chi connectivity index (χ3v) is 29.3. The SMILES string of the molecule is CCCC1O[C@@H]2C[C@H]3[C@@H]4C[C@H](F)C5=CC(=O)C=C[C@]5(C)[C@@]4(F)[C@@H](O)C[C@]3(C)[C@]2(C(=O)COc2ccc(NC(=O)[C@H](CCCNC(N)=O)CC(=O)[C@@H](NC(=O)[C@@H](CCCCNC(=O)COC3CCCCCC4=C3NNN4[C@@H]3O[C@H](CO)[C@H](O)[C@H](O)[C@H]3O)NC(=O)CCOCCOCCOCCOCCNC(=O)CCC(=O)N3Cc4ccccc4/C(NCCOCCOCCOCCNC)=C(/NN)c4ccccc43)C(C)C)cc2)O1. The number of allylic oxidation sites excluding steroid dienone is 5. The van der Waals surface area contributed by atoms with Crippen molar-refractivity contribution >= 4 is 81.6 Å². The first-order valence-electron chi connectivity index (χ1n) is 52.0. The lowest BCUT2D eigenvalue weighted by Crippen LogP contribution is -2.71. The molecule has 4 aliphatic heterocycles. The molecule has 0 spiro atoms. The number of Topliss-reactive ketones (excluding diaryl/α,β-unsaturated/α-hetero) is 2. The van der Waals surface area contributed by atoms with Crippen LogP contribution < -0.4 is 80.1 Å². The van der Waals surface area contributed by atoms with Gasteiger partial charge in [0.05, 0.1) is 152 Å². The predicted octanol–water partition coefficient (Wildman–Crippen LogP) is 3.45. The average Bonchev–Trinajstić information content (AvgIpc) is 1.53. The Hall–Kier alpha value is -10.2. The fraction of sp³-hybridized carbons (Fsp3) is 0.654. The summed E-state index contributed by atoms with van der Waals surface area (Å²) >= 11 is 0. The van der Waals surface area contributed by atoms with Gasteiger partial charge in [-0.2, -0.15) is 0 Å². The zero-order valence-corrected chi connectivity index (χ0v) is 85.6. The highest BCUT2D eigenvalue weighted by Crippen LogP contribution is 2.72. The van der Waals surface area contributed by atoms with Gasteiger partial charge in [0.25, 0.3) is 0 Å². The van der Waals surface area contributed by atoms with E-state index in [0.29, 0.717) is 107 Å². The number of primary amides is 1. The number of hydrogen-bond donors (Lipinski definition) is 18. The number of aliphatic hydroxyl groups excluding tert-OH is 5. The maximum absolute atomic E-state index is 18.2. The molecule has 3 aromatic rings. The number of hydrogen-bond acceptors (Lipinski definition) is 34. The van der Waals surface area contributed by atoms with Gasteiger partial charge in [0.1, 0.15) is 61.7 Å². The van der Waals surface area contributed by atoms with Crippen LogP contribution in [0.4, 0.5) is 25.0 Å². The number of para-hydroxylation sites is 1. The minimum Gasteiger partial charge on any atom is -0.486 e. The van der Waals surface area contributed by atoms with Crippen LogP contribution in [-0.4, -0.2) is 326 Å². The van der Waals surface area contributed by atoms with E-state index < -0.39 is 186 Å². The van der Waals surface area contributed by atoms with Crippen LogP contribution in [0.15, 0.2) is 108 Å². The molecule has 820 valence electrons. The number of likely N-dealkylation sites (N-methyl/N-ethyl adjacent to an activating group) is 1. The van der Waals surface area contributed by atoms with Crippen LogP contribution in [0.3, 0.4) is 0 Å². The van der Waals surface area contributed by atoms with Crippen molar-refractivity contribution in [2.75, 3.05) is 162 Å². The highest BCUT2D eigenvalue weighted by Gasteiger charge is 2.80. The summed E-state index contributed by atoms with van der Waals surface area (Å²) in [6.45, 7) is 13.0. The molecular formula is C104H153F2N15O27. The Bertz CT molecular complexity index is 5050. The number of ketones is 3. The molecule has 5 fully saturated rings. The Morgan fingerprint density at radius 1 is 0.669 bits per heavy atom. The van der Waals surface area contributed by atoms with Gasteiger partial charge < -0.3 is 146 Å². The summed E-state index contributed by atoms with van der Waals surface area (Å²) in [6, 6.07) is 18.0. The smallest absolute Gasteiger partial charge is 0.312 e. The van der Waals surface area contributed by atoms with E-state index in [1.165, 1.54) is 48.4 Å². The van der Waals surface area contributed by atoms with E-state index in [0.717, 1.165) is 48.7 Å². The molecule has 0 radical (unpaired) electrons. The molecule has 0 aromatic heterocycles. The number of hydrazine groups is 3. The van der Waals surface area contributed by atoms with Gasteiger partial charge in [0.15, 0.2) is 35.4 Å². The molecular weight excluding hydrogens is 1930 g/mol. The number of unbranched alkanes of at least 4 members (excludes halogenated alkanes) is 1. The molecule has 2 saturated heterocycles. The van der Waals surface area contributed by atoms with Crippen molar-refractivity contribution in [2.24, 2.45) is 46.1 Å². The van der Waals surface area contributed by atoms with E-state index in [1.54, 1.807) is 25.7 Å². The van der Waals surface area contributed by atoms with Gasteiger partial charge in [-0.15, -0.1) is 5.53 Å². The molecule has 44 heteroatoms. The van der Waals surface area contributed by atoms with Crippen LogP contribution >= 0.6 is 0 Å². The molecule has 19 atom stereocenters. The van der Waals surface area contributed by atoms with Crippen LogP contribution in [0.1, 0.15) is 173 Å². The first-order chi connectivity index (χ1) is 71.3. The van der Waals surface area contributed by atoms with Crippen molar-refractivity contribution in [3.8, 4) is 5.75 Å². The van der Waals surface area contributed by atoms with E-state index >= 15 is 13.6 Å². The number of anilines is 2. The topological polar surface area (TPSA) is 573 Å². The number of urea groups is 1. The van der Waals surface area contributed by atoms with E-state index in [2.05, 4.69) is 58.9 Å². The summed E-state index contributed by atoms with van der Waals surface area (Å²) in [5.41, 5.74) is 13.0. The molecule has 0 bridgehead atoms. The summed E-state index contributed by atoms with van der Waals surface area (Å²) in [5, 5.41) is 78.9. The number of aliphatic hydroxyl groups is 5. The van der Waals surface area contributed by atoms with Crippen molar-refractivity contribution in [2.45, 2.75) is 248 Å². The largest absolute Gasteiger partial charge is 0.486 e. The van der Waals surface area contributed by atoms with Gasteiger partial charge in [-0.25, -0.2) is 13.6 Å². The minimum atomic E-state index is -2.41. The van der Waals surface area contributed by atoms with E-state index in [9.17, 15) is 68.7 Å². The third kappa shape index (κ3) is 29.4. The van der Waals surface area contributed by atoms with Gasteiger partial charge in [-0.1, -0.05) is 95.5 Å². The summed E-state index contributed by atoms with van der Waals surface area (Å²) < 4.78 is 106. The van der Waals surface area contributed by atoms with Crippen LogP contribution in [0, 0.1) is 34.5 Å². The Balaban J connectivity index is 0.595. The number of amides is 8. The maximum Gasteiger partial charge on any atom is 0.312 e. The second-order valence-corrected chi connectivity index (χ2v) is 39.6. The molecule has 8 amide bonds. The zero-order valence-electron chi connectivity index (χ0n) is 85.6. The normalized spacial score (nSPS) is 27.0. The van der Waals surface area contributed by atoms with Crippen molar-refractivity contribution in [1.82, 2.24) is 58.6 Å². The van der Waals surface area contributed by atoms with Gasteiger partial charge in [-0.3, -0.25) is 54.0 Å². The number of ether oxygens (including phenoxy) is 12. The van der Waals surface area contributed by atoms with Crippen LogP contribution in [-0.2, 0) is 102 Å². The van der Waals surface area contributed by atoms with Crippen molar-refractivity contribution in [1.29, 1.82) is 0 Å². The molecule has 20 N–H and O–H groups in total. The van der Waals surface area contributed by atoms with Crippen LogP contribution in [0.2, 0.25) is 0 Å². The molecule has 9 aliphatic rings. The van der Waals surface area contributed by atoms with E-state index in [4.69, 9.17) is 68.4 Å². The highest BCUT2D eigenvalue weighted by atomic mass is 19.1. The van der Waals surface area contributed by atoms with Gasteiger partial charge in [0, 0.05) is 97.9 Å². The summed E-state index contributed by atoms with van der Waals surface area (Å²) in [4.78, 5) is 140. The second kappa shape index (κ2) is 56.8. The van der Waals surface area contributed by atoms with Gasteiger partial charge in [0.2, 0.25) is 41.2 Å². The first-order valence-corrected chi connectivity index (χ1v) is 52.0. The van der Waals surface area contributed by atoms with Crippen LogP contribution in [0.25, 0.3) is 11.4 Å². The molecule has 148 heavy (non-hydrogen) atoms. The van der Waals surface area contributed by atoms with E-state index in [1.807, 2.05) is 62.5 Å². The molecule has 12 rings (SSSR count). The fourth-order valence-electron chi connectivity index (χ4n) is 21.6. The van der Waals surface area contributed by atoms with Crippen molar-refractivity contribution < 1.29 is 139 Å². The number of benzene rings is 3. The number of rotatable bonds is 61. The predicted molar refractivity (Wildman–Crippen MR) is 537 cm³/mol. The average molecular weight is 2080 g/mol. The Kier molecular flexibility index (Phi) is 44.7. The first kappa shape index (κ1) is 116. The molecule has 3 saturated carbocycles. The monoisotopic (exact) mass is 2080 g/mol. The summed E-state index contributed by atoms with van der Waals surface area (Å²) in [6.07, 6.45) is -5.09. The number of nitrogens with one attached hydrogen (secondary N) is 11. The van der Waals surface area contributed by atoms with E-state index in [-0.39, 0.29) is 179 Å². The molecule has 4 heterocycles. The highest BCUT2D eigenvalue weighted by molar-refractivity contribution is 6.03. The fourth-order valence-corrected chi connectivity index (χ4v) is 21.6. The summed E-state index contributed by atoms with van der Waals surface area (Å²) in [7, 11) is 1.87.